The van der Waals surface area contributed by atoms with Gasteiger partial charge in [-0.1, -0.05) is 53.0 Å². The lowest BCUT2D eigenvalue weighted by molar-refractivity contribution is 0.306. The molecular weight excluding hydrogens is 393 g/mol. The highest BCUT2D eigenvalue weighted by molar-refractivity contribution is 6.37. The fraction of sp³-hybridized carbons (Fsp3) is 0.174. The first-order chi connectivity index (χ1) is 13.5. The zero-order chi connectivity index (χ0) is 19.9. The minimum absolute atomic E-state index is 0.402. The van der Waals surface area contributed by atoms with Crippen molar-refractivity contribution in [2.24, 2.45) is 4.99 Å². The van der Waals surface area contributed by atoms with Crippen molar-refractivity contribution in [2.45, 2.75) is 20.5 Å². The van der Waals surface area contributed by atoms with E-state index >= 15 is 0 Å². The van der Waals surface area contributed by atoms with E-state index in [9.17, 15) is 0 Å². The lowest BCUT2D eigenvalue weighted by atomic mass is 10.2. The second-order valence-corrected chi connectivity index (χ2v) is 7.09. The number of rotatable bonds is 7. The first kappa shape index (κ1) is 20.2. The summed E-state index contributed by atoms with van der Waals surface area (Å²) >= 11 is 12.8. The number of halogens is 2. The smallest absolute Gasteiger partial charge is 0.157 e. The van der Waals surface area contributed by atoms with Gasteiger partial charge in [0.25, 0.3) is 0 Å². The van der Waals surface area contributed by atoms with Crippen molar-refractivity contribution in [3.63, 3.8) is 0 Å². The van der Waals surface area contributed by atoms with Crippen LogP contribution in [0.2, 0.25) is 10.0 Å². The zero-order valence-electron chi connectivity index (χ0n) is 15.8. The van der Waals surface area contributed by atoms with Crippen molar-refractivity contribution < 1.29 is 9.47 Å². The van der Waals surface area contributed by atoms with Crippen LogP contribution in [0.25, 0.3) is 0 Å². The molecule has 0 spiro atoms. The van der Waals surface area contributed by atoms with E-state index in [0.29, 0.717) is 29.0 Å². The van der Waals surface area contributed by atoms with Crippen molar-refractivity contribution in [2.75, 3.05) is 6.61 Å². The number of hydrogen-bond acceptors (Lipinski definition) is 3. The summed E-state index contributed by atoms with van der Waals surface area (Å²) in [5.74, 6) is 1.30. The maximum Gasteiger partial charge on any atom is 0.157 e. The van der Waals surface area contributed by atoms with E-state index in [2.05, 4.69) is 4.99 Å². The van der Waals surface area contributed by atoms with Gasteiger partial charge in [0.1, 0.15) is 12.4 Å². The highest BCUT2D eigenvalue weighted by atomic mass is 35.5. The highest BCUT2D eigenvalue weighted by Gasteiger charge is 2.09. The van der Waals surface area contributed by atoms with Crippen molar-refractivity contribution in [3.05, 3.63) is 87.4 Å². The minimum Gasteiger partial charge on any atom is -0.494 e. The molecular formula is C23H21Cl2NO2. The molecule has 0 aliphatic rings. The van der Waals surface area contributed by atoms with Gasteiger partial charge in [-0.2, -0.15) is 0 Å². The molecule has 3 aromatic rings. The molecule has 3 aromatic carbocycles. The number of aliphatic imine (C=N–C) groups is 1. The summed E-state index contributed by atoms with van der Waals surface area (Å²) in [7, 11) is 0. The summed E-state index contributed by atoms with van der Waals surface area (Å²) < 4.78 is 11.3. The van der Waals surface area contributed by atoms with Crippen molar-refractivity contribution in [3.8, 4) is 11.5 Å². The summed E-state index contributed by atoms with van der Waals surface area (Å²) in [6.07, 6.45) is 1.72. The third-order valence-corrected chi connectivity index (χ3v) is 4.60. The molecule has 0 heterocycles. The van der Waals surface area contributed by atoms with Crippen LogP contribution in [0.1, 0.15) is 23.6 Å². The number of nitrogens with zero attached hydrogens (tertiary/aromatic N) is 1. The fourth-order valence-electron chi connectivity index (χ4n) is 2.58. The van der Waals surface area contributed by atoms with Crippen LogP contribution in [0.4, 0.5) is 5.69 Å². The maximum atomic E-state index is 6.38. The Bertz CT molecular complexity index is 928. The molecule has 0 unspecified atom stereocenters. The van der Waals surface area contributed by atoms with Gasteiger partial charge in [0.05, 0.1) is 22.3 Å². The van der Waals surface area contributed by atoms with Gasteiger partial charge in [0, 0.05) is 6.21 Å². The maximum absolute atomic E-state index is 6.38. The minimum atomic E-state index is 0.402. The second kappa shape index (κ2) is 9.63. The Morgan fingerprint density at radius 2 is 1.54 bits per heavy atom. The molecule has 0 bridgehead atoms. The van der Waals surface area contributed by atoms with E-state index in [1.165, 1.54) is 5.56 Å². The molecule has 5 heteroatoms. The van der Waals surface area contributed by atoms with Crippen LogP contribution < -0.4 is 9.47 Å². The van der Waals surface area contributed by atoms with Crippen LogP contribution in [-0.2, 0) is 6.61 Å². The topological polar surface area (TPSA) is 30.8 Å². The Labute approximate surface area is 175 Å². The Balaban J connectivity index is 1.69. The average Bonchev–Trinajstić information content (AvgIpc) is 2.68. The largest absolute Gasteiger partial charge is 0.494 e. The quantitative estimate of drug-likeness (QED) is 0.389. The first-order valence-corrected chi connectivity index (χ1v) is 9.75. The van der Waals surface area contributed by atoms with Crippen molar-refractivity contribution >= 4 is 35.1 Å². The van der Waals surface area contributed by atoms with E-state index in [-0.39, 0.29) is 0 Å². The molecule has 3 rings (SSSR count). The summed E-state index contributed by atoms with van der Waals surface area (Å²) in [6.45, 7) is 5.04. The molecule has 0 aliphatic heterocycles. The molecule has 3 nitrogen and oxygen atoms in total. The van der Waals surface area contributed by atoms with Crippen LogP contribution in [-0.4, -0.2) is 12.8 Å². The van der Waals surface area contributed by atoms with Gasteiger partial charge in [-0.3, -0.25) is 4.99 Å². The third-order valence-electron chi connectivity index (χ3n) is 4.03. The number of hydrogen-bond donors (Lipinski definition) is 0. The van der Waals surface area contributed by atoms with Gasteiger partial charge in [-0.25, -0.2) is 0 Å². The molecule has 0 amide bonds. The number of ether oxygens (including phenoxy) is 2. The fourth-order valence-corrected chi connectivity index (χ4v) is 3.19. The van der Waals surface area contributed by atoms with E-state index < -0.39 is 0 Å². The normalized spacial score (nSPS) is 11.0. The van der Waals surface area contributed by atoms with Crippen LogP contribution in [0.5, 0.6) is 11.5 Å². The van der Waals surface area contributed by atoms with Crippen molar-refractivity contribution in [1.82, 2.24) is 0 Å². The number of benzene rings is 3. The number of aryl methyl sites for hydroxylation is 1. The predicted octanol–water partition coefficient (Wildman–Crippen LogP) is 7.03. The van der Waals surface area contributed by atoms with E-state index in [4.69, 9.17) is 32.7 Å². The molecule has 0 saturated carbocycles. The lowest BCUT2D eigenvalue weighted by Gasteiger charge is -2.11. The molecule has 0 aliphatic carbocycles. The second-order valence-electron chi connectivity index (χ2n) is 6.27. The molecule has 144 valence electrons. The SMILES string of the molecule is CCOc1ccc(N=Cc2cc(Cl)c(OCc3ccc(C)cc3)c(Cl)c2)cc1. The lowest BCUT2D eigenvalue weighted by Crippen LogP contribution is -1.97. The van der Waals surface area contributed by atoms with Crippen LogP contribution in [0.3, 0.4) is 0 Å². The molecule has 0 atom stereocenters. The van der Waals surface area contributed by atoms with E-state index in [0.717, 1.165) is 22.6 Å². The summed E-state index contributed by atoms with van der Waals surface area (Å²) in [4.78, 5) is 4.45. The Morgan fingerprint density at radius 3 is 2.14 bits per heavy atom. The summed E-state index contributed by atoms with van der Waals surface area (Å²) in [6, 6.07) is 19.3. The molecule has 0 fully saturated rings. The summed E-state index contributed by atoms with van der Waals surface area (Å²) in [5, 5.41) is 0.903. The van der Waals surface area contributed by atoms with Crippen LogP contribution in [0, 0.1) is 6.92 Å². The molecule has 0 saturated heterocycles. The van der Waals surface area contributed by atoms with Gasteiger partial charge < -0.3 is 9.47 Å². The third kappa shape index (κ3) is 5.51. The van der Waals surface area contributed by atoms with E-state index in [1.54, 1.807) is 18.3 Å². The van der Waals surface area contributed by atoms with Gasteiger partial charge in [-0.05, 0) is 61.4 Å². The Hall–Kier alpha value is -2.49. The van der Waals surface area contributed by atoms with E-state index in [1.807, 2.05) is 62.4 Å². The van der Waals surface area contributed by atoms with Gasteiger partial charge >= 0.3 is 0 Å². The summed E-state index contributed by atoms with van der Waals surface area (Å²) in [5.41, 5.74) is 3.87. The van der Waals surface area contributed by atoms with Gasteiger partial charge in [-0.15, -0.1) is 0 Å². The molecule has 0 N–H and O–H groups in total. The molecule has 0 radical (unpaired) electrons. The standard InChI is InChI=1S/C23H21Cl2NO2/c1-3-27-20-10-8-19(9-11-20)26-14-18-12-21(24)23(22(25)13-18)28-15-17-6-4-16(2)5-7-17/h4-14H,3,15H2,1-2H3. The van der Waals surface area contributed by atoms with Crippen LogP contribution in [0.15, 0.2) is 65.7 Å². The molecule has 0 aromatic heterocycles. The van der Waals surface area contributed by atoms with Crippen molar-refractivity contribution in [1.29, 1.82) is 0 Å². The van der Waals surface area contributed by atoms with Gasteiger partial charge in [0.2, 0.25) is 0 Å². The Kier molecular flexibility index (Phi) is 6.96. The average molecular weight is 414 g/mol. The van der Waals surface area contributed by atoms with Crippen LogP contribution >= 0.6 is 23.2 Å². The monoisotopic (exact) mass is 413 g/mol. The highest BCUT2D eigenvalue weighted by Crippen LogP contribution is 2.34. The zero-order valence-corrected chi connectivity index (χ0v) is 17.3. The Morgan fingerprint density at radius 1 is 0.893 bits per heavy atom. The predicted molar refractivity (Wildman–Crippen MR) is 117 cm³/mol. The molecule has 28 heavy (non-hydrogen) atoms. The van der Waals surface area contributed by atoms with Gasteiger partial charge in [0.15, 0.2) is 5.75 Å². The first-order valence-electron chi connectivity index (χ1n) is 8.99.